The number of nitrogens with one attached hydrogen (secondary N) is 2. The number of nitrogens with zero attached hydrogens (tertiary/aromatic N) is 6. The van der Waals surface area contributed by atoms with Crippen LogP contribution in [0.3, 0.4) is 0 Å². The normalized spacial score (nSPS) is 17.9. The Bertz CT molecular complexity index is 2600. The standard InChI is InChI=1S/C45H42N8O6/c1-27(54)51-19-15-33-40(26-51)53(50-42(33)29-16-20-59-21-17-29)38-10-5-8-30-22-37(48-24-34(30)38)31-11-12-36(47-23-31)43(56)46-18-3-2-6-28-7-4-9-32-35(28)25-52(45(32)58)39-13-14-41(55)49-44(39)57/h4-5,7-12,22-24,29,39H,3,13-21,25-26H2,1H3,(H,46,56)(H,49,55,57). The van der Waals surface area contributed by atoms with E-state index in [9.17, 15) is 24.0 Å². The lowest BCUT2D eigenvalue weighted by Gasteiger charge is -2.29. The van der Waals surface area contributed by atoms with Crippen molar-refractivity contribution in [2.45, 2.75) is 70.5 Å². The number of imide groups is 1. The Kier molecular flexibility index (Phi) is 10.2. The summed E-state index contributed by atoms with van der Waals surface area (Å²) in [5.74, 6) is 5.23. The molecule has 4 aliphatic rings. The van der Waals surface area contributed by atoms with Crippen molar-refractivity contribution in [2.75, 3.05) is 26.3 Å². The van der Waals surface area contributed by atoms with Gasteiger partial charge in [-0.05, 0) is 73.0 Å². The smallest absolute Gasteiger partial charge is 0.269 e. The van der Waals surface area contributed by atoms with Gasteiger partial charge in [0.05, 0.1) is 29.3 Å². The Morgan fingerprint density at radius 3 is 2.59 bits per heavy atom. The zero-order valence-electron chi connectivity index (χ0n) is 32.6. The zero-order valence-corrected chi connectivity index (χ0v) is 32.6. The Morgan fingerprint density at radius 2 is 1.80 bits per heavy atom. The predicted molar refractivity (Wildman–Crippen MR) is 216 cm³/mol. The lowest BCUT2D eigenvalue weighted by molar-refractivity contribution is -0.137. The van der Waals surface area contributed by atoms with Gasteiger partial charge in [-0.3, -0.25) is 39.3 Å². The van der Waals surface area contributed by atoms with Crippen LogP contribution in [-0.4, -0.2) is 91.4 Å². The average Bonchev–Trinajstić information content (AvgIpc) is 3.81. The van der Waals surface area contributed by atoms with E-state index in [1.54, 1.807) is 31.3 Å². The number of ether oxygens (including phenoxy) is 1. The van der Waals surface area contributed by atoms with Crippen molar-refractivity contribution in [1.29, 1.82) is 0 Å². The molecule has 2 N–H and O–H groups in total. The highest BCUT2D eigenvalue weighted by Gasteiger charge is 2.40. The van der Waals surface area contributed by atoms with E-state index in [2.05, 4.69) is 27.5 Å². The van der Waals surface area contributed by atoms with Crippen LogP contribution in [-0.2, 0) is 38.6 Å². The quantitative estimate of drug-likeness (QED) is 0.139. The van der Waals surface area contributed by atoms with Gasteiger partial charge in [0, 0.05) is 98.6 Å². The third-order valence-corrected chi connectivity index (χ3v) is 11.7. The Hall–Kier alpha value is -6.72. The molecule has 1 atom stereocenters. The van der Waals surface area contributed by atoms with Gasteiger partial charge in [0.25, 0.3) is 11.8 Å². The SMILES string of the molecule is CC(=O)N1CCc2c(C3CCOCC3)nn(-c3cccc4cc(-c5ccc(C(=O)NCCC#Cc6cccc7c6CN(C6CCC(=O)NC6=O)C7=O)nc5)ncc34)c2C1. The van der Waals surface area contributed by atoms with Gasteiger partial charge in [0.1, 0.15) is 11.7 Å². The first-order valence-corrected chi connectivity index (χ1v) is 20.1. The summed E-state index contributed by atoms with van der Waals surface area (Å²) in [6.07, 6.45) is 6.99. The van der Waals surface area contributed by atoms with E-state index >= 15 is 0 Å². The van der Waals surface area contributed by atoms with Crippen molar-refractivity contribution < 1.29 is 28.7 Å². The van der Waals surface area contributed by atoms with E-state index in [-0.39, 0.29) is 42.3 Å². The molecule has 0 saturated carbocycles. The predicted octanol–water partition coefficient (Wildman–Crippen LogP) is 4.21. The van der Waals surface area contributed by atoms with Crippen LogP contribution in [0.25, 0.3) is 27.7 Å². The summed E-state index contributed by atoms with van der Waals surface area (Å²) in [5, 5.41) is 12.3. The lowest BCUT2D eigenvalue weighted by Crippen LogP contribution is -2.52. The second-order valence-corrected chi connectivity index (χ2v) is 15.3. The summed E-state index contributed by atoms with van der Waals surface area (Å²) >= 11 is 0. The van der Waals surface area contributed by atoms with E-state index in [0.717, 1.165) is 71.5 Å². The molecule has 59 heavy (non-hydrogen) atoms. The summed E-state index contributed by atoms with van der Waals surface area (Å²) in [5.41, 5.74) is 8.01. The van der Waals surface area contributed by atoms with Crippen LogP contribution in [0.5, 0.6) is 0 Å². The number of aromatic nitrogens is 4. The zero-order chi connectivity index (χ0) is 40.6. The van der Waals surface area contributed by atoms with E-state index in [4.69, 9.17) is 14.8 Å². The summed E-state index contributed by atoms with van der Waals surface area (Å²) in [4.78, 5) is 75.2. The highest BCUT2D eigenvalue weighted by Crippen LogP contribution is 2.36. The van der Waals surface area contributed by atoms with Gasteiger partial charge in [0.2, 0.25) is 17.7 Å². The van der Waals surface area contributed by atoms with Crippen LogP contribution in [0, 0.1) is 11.8 Å². The van der Waals surface area contributed by atoms with Crippen LogP contribution >= 0.6 is 0 Å². The maximum Gasteiger partial charge on any atom is 0.269 e. The van der Waals surface area contributed by atoms with E-state index in [1.165, 1.54) is 10.5 Å². The van der Waals surface area contributed by atoms with Crippen molar-refractivity contribution in [3.05, 3.63) is 106 Å². The van der Waals surface area contributed by atoms with Gasteiger partial charge >= 0.3 is 0 Å². The number of fused-ring (bicyclic) bond motifs is 3. The van der Waals surface area contributed by atoms with Crippen molar-refractivity contribution in [3.63, 3.8) is 0 Å². The molecular weight excluding hydrogens is 749 g/mol. The minimum atomic E-state index is -0.693. The molecule has 2 fully saturated rings. The van der Waals surface area contributed by atoms with Gasteiger partial charge in [-0.15, -0.1) is 0 Å². The molecule has 14 heteroatoms. The highest BCUT2D eigenvalue weighted by atomic mass is 16.5. The van der Waals surface area contributed by atoms with E-state index < -0.39 is 11.9 Å². The molecule has 14 nitrogen and oxygen atoms in total. The first-order chi connectivity index (χ1) is 28.7. The minimum Gasteiger partial charge on any atom is -0.381 e. The molecule has 2 saturated heterocycles. The summed E-state index contributed by atoms with van der Waals surface area (Å²) in [6, 6.07) is 16.2. The molecule has 5 amide bonds. The number of benzene rings is 2. The van der Waals surface area contributed by atoms with Gasteiger partial charge in [0.15, 0.2) is 0 Å². The fourth-order valence-corrected chi connectivity index (χ4v) is 8.58. The molecule has 9 rings (SSSR count). The number of hydrogen-bond donors (Lipinski definition) is 2. The van der Waals surface area contributed by atoms with Crippen molar-refractivity contribution in [2.24, 2.45) is 0 Å². The summed E-state index contributed by atoms with van der Waals surface area (Å²) in [7, 11) is 0. The third-order valence-electron chi connectivity index (χ3n) is 11.7. The third kappa shape index (κ3) is 7.34. The molecule has 4 aliphatic heterocycles. The topological polar surface area (TPSA) is 169 Å². The fraction of sp³-hybridized carbons (Fsp3) is 0.333. The number of carbonyl (C=O) groups excluding carboxylic acids is 5. The van der Waals surface area contributed by atoms with Crippen LogP contribution in [0.1, 0.15) is 93.9 Å². The first-order valence-electron chi connectivity index (χ1n) is 20.1. The van der Waals surface area contributed by atoms with E-state index in [1.807, 2.05) is 52.2 Å². The largest absolute Gasteiger partial charge is 0.381 e. The lowest BCUT2D eigenvalue weighted by atomic mass is 9.90. The number of hydrogen-bond acceptors (Lipinski definition) is 9. The van der Waals surface area contributed by atoms with Crippen LogP contribution < -0.4 is 10.6 Å². The second kappa shape index (κ2) is 15.9. The number of pyridine rings is 2. The minimum absolute atomic E-state index is 0.0533. The van der Waals surface area contributed by atoms with Crippen molar-refractivity contribution >= 4 is 40.3 Å². The Labute approximate surface area is 340 Å². The molecular formula is C45H42N8O6. The number of piperidine rings is 1. The molecule has 7 heterocycles. The van der Waals surface area contributed by atoms with Gasteiger partial charge in [-0.1, -0.05) is 30.0 Å². The molecule has 0 radical (unpaired) electrons. The van der Waals surface area contributed by atoms with Gasteiger partial charge in [-0.25, -0.2) is 4.68 Å². The second-order valence-electron chi connectivity index (χ2n) is 15.3. The average molecular weight is 791 g/mol. The maximum absolute atomic E-state index is 13.1. The Morgan fingerprint density at radius 1 is 0.949 bits per heavy atom. The van der Waals surface area contributed by atoms with Crippen LogP contribution in [0.2, 0.25) is 0 Å². The molecule has 2 aromatic carbocycles. The molecule has 3 aromatic heterocycles. The van der Waals surface area contributed by atoms with Crippen LogP contribution in [0.4, 0.5) is 0 Å². The first kappa shape index (κ1) is 37.8. The number of rotatable bonds is 7. The van der Waals surface area contributed by atoms with Crippen molar-refractivity contribution in [1.82, 2.24) is 40.2 Å². The van der Waals surface area contributed by atoms with Gasteiger partial charge < -0.3 is 19.9 Å². The summed E-state index contributed by atoms with van der Waals surface area (Å²) < 4.78 is 7.67. The molecule has 0 spiro atoms. The molecule has 5 aromatic rings. The Balaban J connectivity index is 0.858. The summed E-state index contributed by atoms with van der Waals surface area (Å²) in [6.45, 7) is 4.80. The van der Waals surface area contributed by atoms with Crippen molar-refractivity contribution in [3.8, 4) is 28.8 Å². The maximum atomic E-state index is 13.1. The molecule has 298 valence electrons. The van der Waals surface area contributed by atoms with E-state index in [0.29, 0.717) is 55.2 Å². The molecule has 0 bridgehead atoms. The molecule has 0 aliphatic carbocycles. The molecule has 1 unspecified atom stereocenters. The number of amides is 5. The van der Waals surface area contributed by atoms with Gasteiger partial charge in [-0.2, -0.15) is 5.10 Å². The fourth-order valence-electron chi connectivity index (χ4n) is 8.58. The monoisotopic (exact) mass is 790 g/mol. The van der Waals surface area contributed by atoms with Crippen LogP contribution in [0.15, 0.2) is 67.0 Å². The number of carbonyl (C=O) groups is 5. The highest BCUT2D eigenvalue weighted by molar-refractivity contribution is 6.05.